The van der Waals surface area contributed by atoms with E-state index in [4.69, 9.17) is 9.84 Å². The van der Waals surface area contributed by atoms with Crippen molar-refractivity contribution in [3.8, 4) is 10.6 Å². The largest absolute Gasteiger partial charge is 0.476 e. The van der Waals surface area contributed by atoms with E-state index in [1.165, 1.54) is 16.7 Å². The Kier molecular flexibility index (Phi) is 4.46. The van der Waals surface area contributed by atoms with Gasteiger partial charge in [0.05, 0.1) is 0 Å². The summed E-state index contributed by atoms with van der Waals surface area (Å²) in [5, 5.41) is 13.6. The molecule has 6 nitrogen and oxygen atoms in total. The summed E-state index contributed by atoms with van der Waals surface area (Å²) < 4.78 is 5.18. The van der Waals surface area contributed by atoms with E-state index >= 15 is 0 Å². The molecule has 0 bridgehead atoms. The minimum atomic E-state index is -1.06. The number of benzene rings is 1. The Morgan fingerprint density at radius 3 is 2.64 bits per heavy atom. The lowest BCUT2D eigenvalue weighted by Gasteiger charge is -2.19. The number of carbonyl (C=O) groups excluding carboxylic acids is 1. The van der Waals surface area contributed by atoms with E-state index in [0.717, 1.165) is 5.56 Å². The number of ether oxygens (including phenoxy) is 1. The van der Waals surface area contributed by atoms with Crippen LogP contribution in [0.25, 0.3) is 10.6 Å². The molecule has 0 atom stereocenters. The van der Waals surface area contributed by atoms with Gasteiger partial charge in [-0.3, -0.25) is 5.32 Å². The number of amides is 1. The smallest absolute Gasteiger partial charge is 0.412 e. The van der Waals surface area contributed by atoms with Crippen LogP contribution in [0.5, 0.6) is 0 Å². The second-order valence-electron chi connectivity index (χ2n) is 5.55. The lowest BCUT2D eigenvalue weighted by molar-refractivity contribution is 0.0634. The van der Waals surface area contributed by atoms with Crippen LogP contribution in [0.4, 0.5) is 10.5 Å². The summed E-state index contributed by atoms with van der Waals surface area (Å²) in [6.07, 6.45) is -0.546. The number of aromatic carboxylic acids is 1. The van der Waals surface area contributed by atoms with Crippen molar-refractivity contribution in [1.29, 1.82) is 0 Å². The number of rotatable bonds is 3. The molecule has 0 fully saturated rings. The molecular weight excluding hydrogens is 304 g/mol. The van der Waals surface area contributed by atoms with Gasteiger partial charge >= 0.3 is 12.1 Å². The molecule has 2 aromatic rings. The molecule has 0 aliphatic carbocycles. The zero-order valence-electron chi connectivity index (χ0n) is 12.4. The average Bonchev–Trinajstić information content (AvgIpc) is 2.86. The van der Waals surface area contributed by atoms with E-state index in [-0.39, 0.29) is 5.69 Å². The maximum absolute atomic E-state index is 11.7. The van der Waals surface area contributed by atoms with Gasteiger partial charge in [0.2, 0.25) is 0 Å². The number of carboxylic acids is 1. The maximum Gasteiger partial charge on any atom is 0.412 e. The van der Waals surface area contributed by atoms with Crippen molar-refractivity contribution in [3.05, 3.63) is 35.3 Å². The summed E-state index contributed by atoms with van der Waals surface area (Å²) >= 11 is 1.23. The Morgan fingerprint density at radius 2 is 2.05 bits per heavy atom. The minimum absolute atomic E-state index is 0.00510. The second kappa shape index (κ2) is 6.15. The van der Waals surface area contributed by atoms with E-state index in [1.807, 2.05) is 0 Å². The molecule has 0 unspecified atom stereocenters. The van der Waals surface area contributed by atoms with Gasteiger partial charge in [-0.05, 0) is 32.9 Å². The van der Waals surface area contributed by atoms with E-state index in [9.17, 15) is 9.59 Å². The molecule has 0 saturated carbocycles. The molecule has 2 rings (SSSR count). The maximum atomic E-state index is 11.7. The van der Waals surface area contributed by atoms with E-state index < -0.39 is 17.7 Å². The summed E-state index contributed by atoms with van der Waals surface area (Å²) in [7, 11) is 0. The van der Waals surface area contributed by atoms with Crippen molar-refractivity contribution in [2.24, 2.45) is 0 Å². The van der Waals surface area contributed by atoms with Crippen LogP contribution in [-0.4, -0.2) is 27.8 Å². The molecule has 2 N–H and O–H groups in total. The Bertz CT molecular complexity index is 704. The number of carbonyl (C=O) groups is 2. The Morgan fingerprint density at radius 1 is 1.32 bits per heavy atom. The van der Waals surface area contributed by atoms with Crippen LogP contribution < -0.4 is 5.32 Å². The van der Waals surface area contributed by atoms with Crippen LogP contribution in [0.2, 0.25) is 0 Å². The molecule has 0 aliphatic rings. The van der Waals surface area contributed by atoms with Crippen molar-refractivity contribution in [3.63, 3.8) is 0 Å². The number of carboxylic acid groups (broad SMARTS) is 1. The molecule has 22 heavy (non-hydrogen) atoms. The quantitative estimate of drug-likeness (QED) is 0.896. The first-order valence-corrected chi connectivity index (χ1v) is 7.42. The van der Waals surface area contributed by atoms with E-state index in [1.54, 1.807) is 45.0 Å². The van der Waals surface area contributed by atoms with Crippen LogP contribution in [0.15, 0.2) is 29.6 Å². The number of aromatic nitrogens is 1. The Balaban J connectivity index is 2.16. The van der Waals surface area contributed by atoms with Crippen LogP contribution in [0.3, 0.4) is 0 Å². The van der Waals surface area contributed by atoms with Crippen molar-refractivity contribution in [2.75, 3.05) is 5.32 Å². The highest BCUT2D eigenvalue weighted by atomic mass is 32.1. The fourth-order valence-corrected chi connectivity index (χ4v) is 2.45. The third-order valence-electron chi connectivity index (χ3n) is 2.48. The lowest BCUT2D eigenvalue weighted by Crippen LogP contribution is -2.27. The van der Waals surface area contributed by atoms with Crippen molar-refractivity contribution < 1.29 is 19.4 Å². The lowest BCUT2D eigenvalue weighted by atomic mass is 10.2. The van der Waals surface area contributed by atoms with Crippen molar-refractivity contribution >= 4 is 29.1 Å². The standard InChI is InChI=1S/C15H16N2O4S/c1-15(2,3)21-14(20)16-10-6-4-5-9(7-10)12-17-11(8-22-12)13(18)19/h4-8H,1-3H3,(H,16,20)(H,18,19). The number of nitrogens with zero attached hydrogens (tertiary/aromatic N) is 1. The minimum Gasteiger partial charge on any atom is -0.476 e. The highest BCUT2D eigenvalue weighted by molar-refractivity contribution is 7.13. The number of thiazole rings is 1. The van der Waals surface area contributed by atoms with E-state index in [2.05, 4.69) is 10.3 Å². The Labute approximate surface area is 131 Å². The summed E-state index contributed by atoms with van der Waals surface area (Å²) in [4.78, 5) is 26.6. The van der Waals surface area contributed by atoms with Gasteiger partial charge < -0.3 is 9.84 Å². The first kappa shape index (κ1) is 16.0. The van der Waals surface area contributed by atoms with Crippen LogP contribution in [-0.2, 0) is 4.74 Å². The van der Waals surface area contributed by atoms with Crippen LogP contribution in [0, 0.1) is 0 Å². The molecule has 0 radical (unpaired) electrons. The highest BCUT2D eigenvalue weighted by Gasteiger charge is 2.16. The second-order valence-corrected chi connectivity index (χ2v) is 6.41. The van der Waals surface area contributed by atoms with Crippen molar-refractivity contribution in [2.45, 2.75) is 26.4 Å². The van der Waals surface area contributed by atoms with Gasteiger partial charge in [-0.2, -0.15) is 0 Å². The molecule has 1 heterocycles. The monoisotopic (exact) mass is 320 g/mol. The molecule has 0 saturated heterocycles. The summed E-state index contributed by atoms with van der Waals surface area (Å²) in [6, 6.07) is 6.99. The van der Waals surface area contributed by atoms with Gasteiger partial charge in [-0.15, -0.1) is 11.3 Å². The fourth-order valence-electron chi connectivity index (χ4n) is 1.66. The highest BCUT2D eigenvalue weighted by Crippen LogP contribution is 2.26. The van der Waals surface area contributed by atoms with Gasteiger partial charge in [0.25, 0.3) is 0 Å². The van der Waals surface area contributed by atoms with Gasteiger partial charge in [0.1, 0.15) is 10.6 Å². The first-order valence-electron chi connectivity index (χ1n) is 6.54. The summed E-state index contributed by atoms with van der Waals surface area (Å²) in [6.45, 7) is 5.35. The zero-order valence-corrected chi connectivity index (χ0v) is 13.2. The molecule has 116 valence electrons. The average molecular weight is 320 g/mol. The molecule has 1 aromatic heterocycles. The van der Waals surface area contributed by atoms with Crippen LogP contribution in [0.1, 0.15) is 31.3 Å². The molecule has 1 amide bonds. The molecule has 1 aromatic carbocycles. The fraction of sp³-hybridized carbons (Fsp3) is 0.267. The number of hydrogen-bond donors (Lipinski definition) is 2. The summed E-state index contributed by atoms with van der Waals surface area (Å²) in [5.74, 6) is -1.06. The number of hydrogen-bond acceptors (Lipinski definition) is 5. The SMILES string of the molecule is CC(C)(C)OC(=O)Nc1cccc(-c2nc(C(=O)O)cs2)c1. The Hall–Kier alpha value is -2.41. The predicted molar refractivity (Wildman–Crippen MR) is 84.4 cm³/mol. The van der Waals surface area contributed by atoms with Crippen molar-refractivity contribution in [1.82, 2.24) is 4.98 Å². The molecular formula is C15H16N2O4S. The third-order valence-corrected chi connectivity index (χ3v) is 3.37. The van der Waals surface area contributed by atoms with Gasteiger partial charge in [-0.25, -0.2) is 14.6 Å². The molecule has 0 aliphatic heterocycles. The van der Waals surface area contributed by atoms with Crippen LogP contribution >= 0.6 is 11.3 Å². The molecule has 0 spiro atoms. The third kappa shape index (κ3) is 4.29. The number of nitrogens with one attached hydrogen (secondary N) is 1. The van der Waals surface area contributed by atoms with Gasteiger partial charge in [0, 0.05) is 16.6 Å². The predicted octanol–water partition coefficient (Wildman–Crippen LogP) is 3.86. The topological polar surface area (TPSA) is 88.5 Å². The van der Waals surface area contributed by atoms with Gasteiger partial charge in [0.15, 0.2) is 5.69 Å². The normalized spacial score (nSPS) is 11.0. The molecule has 7 heteroatoms. The summed E-state index contributed by atoms with van der Waals surface area (Å²) in [5.41, 5.74) is 0.711. The van der Waals surface area contributed by atoms with Gasteiger partial charge in [-0.1, -0.05) is 12.1 Å². The number of anilines is 1. The van der Waals surface area contributed by atoms with E-state index in [0.29, 0.717) is 10.7 Å². The zero-order chi connectivity index (χ0) is 16.3. The first-order chi connectivity index (χ1) is 10.2.